The van der Waals surface area contributed by atoms with Crippen molar-refractivity contribution in [2.24, 2.45) is 0 Å². The Morgan fingerprint density at radius 3 is 2.27 bits per heavy atom. The molecule has 0 saturated carbocycles. The third-order valence-electron chi connectivity index (χ3n) is 8.67. The molecule has 30 heavy (non-hydrogen) atoms. The number of hydrogen-bond acceptors (Lipinski definition) is 1. The lowest BCUT2D eigenvalue weighted by Gasteiger charge is -2.40. The van der Waals surface area contributed by atoms with E-state index in [1.54, 1.807) is 6.07 Å². The lowest BCUT2D eigenvalue weighted by Crippen LogP contribution is -2.68. The minimum Gasteiger partial charge on any atom is -0.267 e. The Hall–Kier alpha value is -1.77. The predicted octanol–water partition coefficient (Wildman–Crippen LogP) is 4.89. The molecule has 0 atom stereocenters. The van der Waals surface area contributed by atoms with Crippen molar-refractivity contribution in [1.82, 2.24) is 5.73 Å². The first-order valence-corrected chi connectivity index (χ1v) is 21.7. The van der Waals surface area contributed by atoms with Crippen molar-refractivity contribution >= 4 is 44.6 Å². The molecule has 0 spiro atoms. The first-order chi connectivity index (χ1) is 13.7. The van der Waals surface area contributed by atoms with Crippen molar-refractivity contribution in [3.63, 3.8) is 0 Å². The Bertz CT molecular complexity index is 1160. The number of carbonyl (C=O) groups excluding carboxylic acids is 1. The molecule has 4 rings (SSSR count). The summed E-state index contributed by atoms with van der Waals surface area (Å²) in [6, 6.07) is 5.59. The largest absolute Gasteiger partial charge is 0.269 e. The second-order valence-corrected chi connectivity index (χ2v) is 38.0. The van der Waals surface area contributed by atoms with Crippen LogP contribution in [-0.2, 0) is 6.42 Å². The lowest BCUT2D eigenvalue weighted by molar-refractivity contribution is 0.0991. The van der Waals surface area contributed by atoms with E-state index in [0.717, 1.165) is 27.8 Å². The third-order valence-corrected chi connectivity index (χ3v) is 50.2. The van der Waals surface area contributed by atoms with Gasteiger partial charge in [-0.1, -0.05) is 73.4 Å². The molecular formula is C24H31FNOSi3. The van der Waals surface area contributed by atoms with Crippen molar-refractivity contribution in [2.75, 3.05) is 0 Å². The second-order valence-electron chi connectivity index (χ2n) is 10.7. The summed E-state index contributed by atoms with van der Waals surface area (Å²) >= 11 is 0. The highest BCUT2D eigenvalue weighted by atomic mass is 29.6. The van der Waals surface area contributed by atoms with Crippen LogP contribution >= 0.6 is 0 Å². The number of rotatable bonds is 2. The number of allylic oxidation sites excluding steroid dienone is 1. The van der Waals surface area contributed by atoms with Crippen LogP contribution in [0.1, 0.15) is 34.0 Å². The van der Waals surface area contributed by atoms with Gasteiger partial charge in [-0.2, -0.15) is 0 Å². The Kier molecular flexibility index (Phi) is 4.56. The first-order valence-electron chi connectivity index (χ1n) is 10.7. The van der Waals surface area contributed by atoms with Gasteiger partial charge in [0.15, 0.2) is 0 Å². The van der Waals surface area contributed by atoms with Crippen molar-refractivity contribution in [3.05, 3.63) is 51.8 Å². The van der Waals surface area contributed by atoms with Gasteiger partial charge in [-0.05, 0) is 54.2 Å². The topological polar surface area (TPSA) is 40.9 Å². The number of fused-ring (bicyclic) bond motifs is 2. The molecule has 0 saturated heterocycles. The maximum Gasteiger partial charge on any atom is 0.269 e. The molecule has 0 unspecified atom stereocenters. The van der Waals surface area contributed by atoms with Crippen LogP contribution in [0, 0.1) is 12.7 Å². The zero-order valence-corrected chi connectivity index (χ0v) is 22.3. The Morgan fingerprint density at radius 2 is 1.67 bits per heavy atom. The van der Waals surface area contributed by atoms with E-state index in [2.05, 4.69) is 58.3 Å². The summed E-state index contributed by atoms with van der Waals surface area (Å²) in [5.41, 5.74) is 14.5. The van der Waals surface area contributed by atoms with E-state index in [9.17, 15) is 9.18 Å². The van der Waals surface area contributed by atoms with Gasteiger partial charge in [0.25, 0.3) is 5.91 Å². The van der Waals surface area contributed by atoms with Crippen LogP contribution in [0.25, 0.3) is 17.2 Å². The van der Waals surface area contributed by atoms with Gasteiger partial charge >= 0.3 is 0 Å². The maximum atomic E-state index is 14.6. The minimum absolute atomic E-state index is 0.148. The molecule has 1 aliphatic heterocycles. The van der Waals surface area contributed by atoms with E-state index in [0.29, 0.717) is 12.0 Å². The molecule has 0 aromatic heterocycles. The van der Waals surface area contributed by atoms with Gasteiger partial charge < -0.3 is 0 Å². The van der Waals surface area contributed by atoms with Gasteiger partial charge in [-0.15, -0.1) is 0 Å². The average molecular weight is 453 g/mol. The van der Waals surface area contributed by atoms with Crippen LogP contribution in [0.4, 0.5) is 4.39 Å². The maximum absolute atomic E-state index is 14.6. The van der Waals surface area contributed by atoms with Crippen LogP contribution in [-0.4, -0.2) is 28.2 Å². The van der Waals surface area contributed by atoms with Gasteiger partial charge in [0.2, 0.25) is 0 Å². The van der Waals surface area contributed by atoms with E-state index in [4.69, 9.17) is 5.73 Å². The predicted molar refractivity (Wildman–Crippen MR) is 133 cm³/mol. The molecule has 0 fully saturated rings. The van der Waals surface area contributed by atoms with Crippen molar-refractivity contribution in [3.8, 4) is 11.1 Å². The highest BCUT2D eigenvalue weighted by molar-refractivity contribution is 7.76. The number of benzene rings is 2. The van der Waals surface area contributed by atoms with Crippen LogP contribution in [0.15, 0.2) is 23.8 Å². The summed E-state index contributed by atoms with van der Waals surface area (Å²) in [4.78, 5) is 12.4. The van der Waals surface area contributed by atoms with Gasteiger partial charge in [0.05, 0.1) is 15.2 Å². The Morgan fingerprint density at radius 1 is 1.03 bits per heavy atom. The number of carbonyl (C=O) groups is 1. The monoisotopic (exact) mass is 452 g/mol. The fourth-order valence-electron chi connectivity index (χ4n) is 5.70. The normalized spacial score (nSPS) is 20.0. The van der Waals surface area contributed by atoms with Crippen LogP contribution in [0.5, 0.6) is 0 Å². The quantitative estimate of drug-likeness (QED) is 0.598. The van der Waals surface area contributed by atoms with E-state index >= 15 is 0 Å². The molecule has 2 aromatic rings. The molecule has 1 amide bonds. The molecule has 1 radical (unpaired) electrons. The lowest BCUT2D eigenvalue weighted by atomic mass is 9.91. The smallest absolute Gasteiger partial charge is 0.267 e. The fourth-order valence-corrected chi connectivity index (χ4v) is 40.5. The van der Waals surface area contributed by atoms with E-state index < -0.39 is 28.2 Å². The number of hydrogen-bond donors (Lipinski definition) is 0. The van der Waals surface area contributed by atoms with E-state index in [-0.39, 0.29) is 5.82 Å². The molecule has 2 aromatic carbocycles. The van der Waals surface area contributed by atoms with Gasteiger partial charge in [0.1, 0.15) is 5.82 Å². The third kappa shape index (κ3) is 2.53. The highest BCUT2D eigenvalue weighted by Gasteiger charge is 2.61. The van der Waals surface area contributed by atoms with Gasteiger partial charge in [-0.3, -0.25) is 10.5 Å². The minimum atomic E-state index is -1.79. The average Bonchev–Trinajstić information content (AvgIpc) is 3.07. The van der Waals surface area contributed by atoms with Crippen molar-refractivity contribution in [2.45, 2.75) is 59.6 Å². The molecule has 157 valence electrons. The summed E-state index contributed by atoms with van der Waals surface area (Å²) in [6.45, 7) is 19.1. The number of amides is 1. The van der Waals surface area contributed by atoms with Crippen molar-refractivity contribution in [1.29, 1.82) is 0 Å². The van der Waals surface area contributed by atoms with E-state index in [1.165, 1.54) is 15.9 Å². The molecule has 1 aliphatic carbocycles. The molecule has 0 bridgehead atoms. The molecular weight excluding hydrogens is 422 g/mol. The Labute approximate surface area is 182 Å². The summed E-state index contributed by atoms with van der Waals surface area (Å²) in [6.07, 6.45) is 2.76. The van der Waals surface area contributed by atoms with Crippen LogP contribution in [0.2, 0.25) is 39.3 Å². The summed E-state index contributed by atoms with van der Waals surface area (Å²) in [5, 5.41) is 2.88. The number of halogens is 1. The Balaban J connectivity index is 2.20. The molecule has 2 nitrogen and oxygen atoms in total. The van der Waals surface area contributed by atoms with Crippen LogP contribution < -0.4 is 16.1 Å². The summed E-state index contributed by atoms with van der Waals surface area (Å²) in [7, 11) is -5.13. The zero-order valence-electron chi connectivity index (χ0n) is 19.3. The first kappa shape index (κ1) is 21.5. The molecule has 6 heteroatoms. The fraction of sp³-hybridized carbons (Fsp3) is 0.375. The van der Waals surface area contributed by atoms with Gasteiger partial charge in [-0.25, -0.2) is 4.39 Å². The molecule has 2 aliphatic rings. The highest BCUT2D eigenvalue weighted by Crippen LogP contribution is 2.42. The van der Waals surface area contributed by atoms with Crippen molar-refractivity contribution < 1.29 is 9.18 Å². The molecule has 1 N–H and O–H groups in total. The van der Waals surface area contributed by atoms with Crippen LogP contribution in [0.3, 0.4) is 0 Å². The van der Waals surface area contributed by atoms with E-state index in [1.807, 2.05) is 13.0 Å². The molecule has 1 heterocycles. The summed E-state index contributed by atoms with van der Waals surface area (Å²) in [5.74, 6) is -0.762. The zero-order chi connectivity index (χ0) is 22.4. The SMILES string of the molecule is CC1=Cc2c(-c3c(C)c(C([NH])=O)cc4c3[Si](C)(C)[Si](C)(C)[Si]4(C)C)ccc(F)c2C1. The number of nitrogens with one attached hydrogen (secondary N) is 1. The standard InChI is InChI=1S/C24H31FNOSi3/c1-14-11-18-16(9-10-20(25)19(18)12-14)22-15(2)17(24(26)27)13-21-23(22)29(5,6)30(7,8)28(21,3)4/h9-11,13,26H,12H2,1-8H3. The second kappa shape index (κ2) is 6.37. The summed E-state index contributed by atoms with van der Waals surface area (Å²) < 4.78 is 14.6. The van der Waals surface area contributed by atoms with Gasteiger partial charge in [0, 0.05) is 12.7 Å².